The van der Waals surface area contributed by atoms with Crippen LogP contribution in [0.1, 0.15) is 11.1 Å². The lowest BCUT2D eigenvalue weighted by Gasteiger charge is -1.81. The maximum atomic E-state index is 5.29. The van der Waals surface area contributed by atoms with Gasteiger partial charge in [0, 0.05) is 5.39 Å². The van der Waals surface area contributed by atoms with Crippen molar-refractivity contribution in [2.24, 2.45) is 0 Å². The molecule has 0 radical (unpaired) electrons. The molecule has 2 heterocycles. The van der Waals surface area contributed by atoms with Gasteiger partial charge in [-0.05, 0) is 30.4 Å². The zero-order valence-electron chi connectivity index (χ0n) is 5.97. The van der Waals surface area contributed by atoms with Crippen LogP contribution in [0.4, 0.5) is 0 Å². The first-order chi connectivity index (χ1) is 4.79. The molecule has 0 amide bonds. The van der Waals surface area contributed by atoms with E-state index >= 15 is 0 Å². The van der Waals surface area contributed by atoms with Crippen molar-refractivity contribution < 1.29 is 4.42 Å². The Kier molecular flexibility index (Phi) is 1.11. The molecule has 0 saturated heterocycles. The van der Waals surface area contributed by atoms with Crippen LogP contribution < -0.4 is 0 Å². The van der Waals surface area contributed by atoms with Crippen molar-refractivity contribution in [3.05, 3.63) is 22.8 Å². The third-order valence-corrected chi connectivity index (χ3v) is 2.66. The lowest BCUT2D eigenvalue weighted by atomic mass is 10.2. The summed E-state index contributed by atoms with van der Waals surface area (Å²) in [5.41, 5.74) is 2.57. The number of fused-ring (bicyclic) bond motifs is 1. The van der Waals surface area contributed by atoms with E-state index in [2.05, 4.69) is 19.2 Å². The monoisotopic (exact) mass is 152 g/mol. The Hall–Kier alpha value is -0.760. The molecule has 0 aromatic carbocycles. The molecule has 0 unspecified atom stereocenters. The van der Waals surface area contributed by atoms with Gasteiger partial charge in [-0.2, -0.15) is 0 Å². The molecule has 2 aromatic heterocycles. The molecule has 0 spiro atoms. The van der Waals surface area contributed by atoms with Crippen LogP contribution >= 0.6 is 11.3 Å². The molecule has 0 aliphatic rings. The van der Waals surface area contributed by atoms with Gasteiger partial charge in [-0.1, -0.05) is 0 Å². The normalized spacial score (nSPS) is 11.0. The Labute approximate surface area is 63.3 Å². The highest BCUT2D eigenvalue weighted by Crippen LogP contribution is 2.29. The van der Waals surface area contributed by atoms with Crippen LogP contribution in [0.5, 0.6) is 0 Å². The molecule has 0 atom stereocenters. The predicted octanol–water partition coefficient (Wildman–Crippen LogP) is 3.11. The summed E-state index contributed by atoms with van der Waals surface area (Å²) in [6, 6.07) is 0. The van der Waals surface area contributed by atoms with Crippen molar-refractivity contribution in [1.29, 1.82) is 0 Å². The molecule has 0 aliphatic heterocycles. The number of thiophene rings is 1. The molecular formula is C8H8OS. The van der Waals surface area contributed by atoms with E-state index in [9.17, 15) is 0 Å². The molecule has 0 N–H and O–H groups in total. The van der Waals surface area contributed by atoms with Crippen LogP contribution in [-0.4, -0.2) is 0 Å². The van der Waals surface area contributed by atoms with Gasteiger partial charge in [0.2, 0.25) is 0 Å². The molecule has 1 nitrogen and oxygen atoms in total. The van der Waals surface area contributed by atoms with Gasteiger partial charge in [-0.3, -0.25) is 0 Å². The standard InChI is InChI=1S/C8H8OS/c1-5-3-9-8-7(5)6(2)4-10-8/h3-4H,1-2H3. The van der Waals surface area contributed by atoms with Gasteiger partial charge >= 0.3 is 0 Å². The van der Waals surface area contributed by atoms with Gasteiger partial charge in [0.05, 0.1) is 6.26 Å². The van der Waals surface area contributed by atoms with E-state index in [1.807, 2.05) is 6.26 Å². The van der Waals surface area contributed by atoms with E-state index in [0.29, 0.717) is 0 Å². The summed E-state index contributed by atoms with van der Waals surface area (Å²) < 4.78 is 5.29. The molecule has 2 aromatic rings. The van der Waals surface area contributed by atoms with Crippen molar-refractivity contribution in [3.8, 4) is 0 Å². The maximum Gasteiger partial charge on any atom is 0.187 e. The van der Waals surface area contributed by atoms with Crippen LogP contribution in [0, 0.1) is 13.8 Å². The minimum atomic E-state index is 1.05. The maximum absolute atomic E-state index is 5.29. The molecule has 52 valence electrons. The minimum Gasteiger partial charge on any atom is -0.453 e. The van der Waals surface area contributed by atoms with E-state index < -0.39 is 0 Å². The minimum absolute atomic E-state index is 1.05. The third kappa shape index (κ3) is 0.625. The predicted molar refractivity (Wildman–Crippen MR) is 43.6 cm³/mol. The third-order valence-electron chi connectivity index (χ3n) is 1.68. The Morgan fingerprint density at radius 3 is 2.80 bits per heavy atom. The SMILES string of the molecule is Cc1coc2scc(C)c12. The summed E-state index contributed by atoms with van der Waals surface area (Å²) in [7, 11) is 0. The highest BCUT2D eigenvalue weighted by molar-refractivity contribution is 7.16. The van der Waals surface area contributed by atoms with E-state index in [-0.39, 0.29) is 0 Å². The summed E-state index contributed by atoms with van der Waals surface area (Å²) in [4.78, 5) is 1.05. The van der Waals surface area contributed by atoms with Crippen molar-refractivity contribution in [1.82, 2.24) is 0 Å². The van der Waals surface area contributed by atoms with Crippen LogP contribution in [0.2, 0.25) is 0 Å². The lowest BCUT2D eigenvalue weighted by Crippen LogP contribution is -1.64. The van der Waals surface area contributed by atoms with E-state index in [1.165, 1.54) is 16.5 Å². The molecule has 0 aliphatic carbocycles. The van der Waals surface area contributed by atoms with Crippen molar-refractivity contribution in [3.63, 3.8) is 0 Å². The van der Waals surface area contributed by atoms with Crippen molar-refractivity contribution in [2.75, 3.05) is 0 Å². The van der Waals surface area contributed by atoms with Crippen molar-refractivity contribution >= 4 is 21.6 Å². The summed E-state index contributed by atoms with van der Waals surface area (Å²) in [6.45, 7) is 4.19. The molecular weight excluding hydrogens is 144 g/mol. The first kappa shape index (κ1) is 5.98. The van der Waals surface area contributed by atoms with Crippen LogP contribution in [0.15, 0.2) is 16.1 Å². The first-order valence-corrected chi connectivity index (χ1v) is 4.09. The summed E-state index contributed by atoms with van der Waals surface area (Å²) in [5.74, 6) is 0. The highest BCUT2D eigenvalue weighted by atomic mass is 32.1. The fourth-order valence-corrected chi connectivity index (χ4v) is 2.13. The Morgan fingerprint density at radius 1 is 1.30 bits per heavy atom. The number of hydrogen-bond donors (Lipinski definition) is 0. The summed E-state index contributed by atoms with van der Waals surface area (Å²) >= 11 is 1.67. The van der Waals surface area contributed by atoms with Gasteiger partial charge in [0.25, 0.3) is 0 Å². The second-order valence-corrected chi connectivity index (χ2v) is 3.34. The number of hydrogen-bond acceptors (Lipinski definition) is 2. The molecule has 2 rings (SSSR count). The lowest BCUT2D eigenvalue weighted by molar-refractivity contribution is 0.620. The molecule has 10 heavy (non-hydrogen) atoms. The molecule has 0 bridgehead atoms. The van der Waals surface area contributed by atoms with Gasteiger partial charge in [0.1, 0.15) is 0 Å². The topological polar surface area (TPSA) is 13.1 Å². The van der Waals surface area contributed by atoms with E-state index in [4.69, 9.17) is 4.42 Å². The van der Waals surface area contributed by atoms with Crippen LogP contribution in [0.3, 0.4) is 0 Å². The first-order valence-electron chi connectivity index (χ1n) is 3.21. The average molecular weight is 152 g/mol. The largest absolute Gasteiger partial charge is 0.453 e. The van der Waals surface area contributed by atoms with E-state index in [0.717, 1.165) is 4.90 Å². The quantitative estimate of drug-likeness (QED) is 0.565. The van der Waals surface area contributed by atoms with Crippen molar-refractivity contribution in [2.45, 2.75) is 13.8 Å². The van der Waals surface area contributed by atoms with E-state index in [1.54, 1.807) is 11.3 Å². The zero-order chi connectivity index (χ0) is 7.14. The van der Waals surface area contributed by atoms with Gasteiger partial charge in [-0.25, -0.2) is 0 Å². The Balaban J connectivity index is 2.98. The zero-order valence-corrected chi connectivity index (χ0v) is 6.79. The molecule has 0 saturated carbocycles. The van der Waals surface area contributed by atoms with Crippen LogP contribution in [-0.2, 0) is 0 Å². The number of furan rings is 1. The summed E-state index contributed by atoms with van der Waals surface area (Å²) in [5, 5.41) is 3.42. The molecule has 2 heteroatoms. The summed E-state index contributed by atoms with van der Waals surface area (Å²) in [6.07, 6.45) is 1.81. The van der Waals surface area contributed by atoms with Crippen LogP contribution in [0.25, 0.3) is 10.3 Å². The second kappa shape index (κ2) is 1.86. The number of aryl methyl sites for hydroxylation is 2. The Bertz CT molecular complexity index is 325. The average Bonchev–Trinajstić information content (AvgIpc) is 2.40. The smallest absolute Gasteiger partial charge is 0.187 e. The fraction of sp³-hybridized carbons (Fsp3) is 0.250. The van der Waals surface area contributed by atoms with Gasteiger partial charge < -0.3 is 4.42 Å². The second-order valence-electron chi connectivity index (χ2n) is 2.50. The van der Waals surface area contributed by atoms with Gasteiger partial charge in [0.15, 0.2) is 4.90 Å². The fourth-order valence-electron chi connectivity index (χ4n) is 1.18. The molecule has 0 fully saturated rings. The van der Waals surface area contributed by atoms with Gasteiger partial charge in [-0.15, -0.1) is 11.3 Å². The number of rotatable bonds is 0. The Morgan fingerprint density at radius 2 is 2.10 bits per heavy atom. The highest BCUT2D eigenvalue weighted by Gasteiger charge is 2.05.